The monoisotopic (exact) mass is 254 g/mol. The third-order valence-electron chi connectivity index (χ3n) is 2.45. The largest absolute Gasteiger partial charge is 0.489 e. The van der Waals surface area contributed by atoms with Gasteiger partial charge in [-0.05, 0) is 38.0 Å². The molecule has 0 atom stereocenters. The average Bonchev–Trinajstić information content (AvgIpc) is 2.28. The lowest BCUT2D eigenvalue weighted by molar-refractivity contribution is -0.118. The Bertz CT molecular complexity index is 386. The van der Waals surface area contributed by atoms with E-state index < -0.39 is 0 Å². The van der Waals surface area contributed by atoms with Gasteiger partial charge in [0.15, 0.2) is 0 Å². The molecule has 0 heterocycles. The van der Waals surface area contributed by atoms with Gasteiger partial charge in [0.25, 0.3) is 0 Å². The zero-order valence-corrected chi connectivity index (χ0v) is 11.4. The number of hydrogen-bond donors (Lipinski definition) is 0. The van der Waals surface area contributed by atoms with Crippen LogP contribution in [0.1, 0.15) is 39.2 Å². The van der Waals surface area contributed by atoms with Gasteiger partial charge in [-0.25, -0.2) is 0 Å². The second kappa shape index (κ2) is 6.65. The Morgan fingerprint density at radius 2 is 2.12 bits per heavy atom. The van der Waals surface area contributed by atoms with Crippen molar-refractivity contribution in [3.63, 3.8) is 0 Å². The molecule has 0 N–H and O–H groups in total. The molecule has 94 valence electrons. The molecule has 0 aromatic heterocycles. The minimum atomic E-state index is 0.111. The van der Waals surface area contributed by atoms with E-state index in [9.17, 15) is 4.79 Å². The van der Waals surface area contributed by atoms with E-state index in [4.69, 9.17) is 16.3 Å². The van der Waals surface area contributed by atoms with Crippen LogP contribution in [0, 0.1) is 0 Å². The molecule has 0 amide bonds. The van der Waals surface area contributed by atoms with Gasteiger partial charge in [-0.2, -0.15) is 0 Å². The summed E-state index contributed by atoms with van der Waals surface area (Å²) in [7, 11) is 0. The highest BCUT2D eigenvalue weighted by Crippen LogP contribution is 2.26. The maximum absolute atomic E-state index is 11.2. The maximum atomic E-state index is 11.2. The number of carbonyl (C=O) groups is 1. The molecule has 1 rings (SSSR count). The van der Waals surface area contributed by atoms with Gasteiger partial charge in [-0.15, -0.1) is 0 Å². The SMILES string of the molecule is CCC(=O)CCc1ccc(OC(C)C)c(Cl)c1. The molecule has 3 heteroatoms. The van der Waals surface area contributed by atoms with Crippen LogP contribution in [0.2, 0.25) is 5.02 Å². The van der Waals surface area contributed by atoms with Crippen molar-refractivity contribution in [3.05, 3.63) is 28.8 Å². The van der Waals surface area contributed by atoms with Gasteiger partial charge < -0.3 is 4.74 Å². The second-order valence-electron chi connectivity index (χ2n) is 4.32. The lowest BCUT2D eigenvalue weighted by atomic mass is 10.1. The zero-order valence-electron chi connectivity index (χ0n) is 10.6. The molecule has 17 heavy (non-hydrogen) atoms. The number of ether oxygens (including phenoxy) is 1. The number of ketones is 1. The third-order valence-corrected chi connectivity index (χ3v) is 2.74. The summed E-state index contributed by atoms with van der Waals surface area (Å²) in [6.07, 6.45) is 2.04. The zero-order chi connectivity index (χ0) is 12.8. The Labute approximate surface area is 108 Å². The molecule has 0 saturated carbocycles. The maximum Gasteiger partial charge on any atom is 0.138 e. The van der Waals surface area contributed by atoms with Crippen LogP contribution in [0.3, 0.4) is 0 Å². The molecular weight excluding hydrogens is 236 g/mol. The fourth-order valence-electron chi connectivity index (χ4n) is 1.51. The van der Waals surface area contributed by atoms with Gasteiger partial charge in [-0.1, -0.05) is 24.6 Å². The first-order valence-corrected chi connectivity index (χ1v) is 6.37. The fourth-order valence-corrected chi connectivity index (χ4v) is 1.76. The first-order valence-electron chi connectivity index (χ1n) is 5.99. The molecule has 1 aromatic rings. The number of rotatable bonds is 6. The summed E-state index contributed by atoms with van der Waals surface area (Å²) in [6, 6.07) is 5.71. The molecule has 0 saturated heterocycles. The van der Waals surface area contributed by atoms with E-state index in [-0.39, 0.29) is 11.9 Å². The van der Waals surface area contributed by atoms with Gasteiger partial charge in [0.1, 0.15) is 11.5 Å². The Kier molecular flexibility index (Phi) is 5.49. The van der Waals surface area contributed by atoms with Crippen molar-refractivity contribution in [1.29, 1.82) is 0 Å². The quantitative estimate of drug-likeness (QED) is 0.766. The van der Waals surface area contributed by atoms with Crippen LogP contribution >= 0.6 is 11.6 Å². The van der Waals surface area contributed by atoms with Crippen LogP contribution in [0.5, 0.6) is 5.75 Å². The van der Waals surface area contributed by atoms with Crippen molar-refractivity contribution in [2.75, 3.05) is 0 Å². The van der Waals surface area contributed by atoms with Gasteiger partial charge in [0.2, 0.25) is 0 Å². The summed E-state index contributed by atoms with van der Waals surface area (Å²) >= 11 is 6.11. The van der Waals surface area contributed by atoms with Gasteiger partial charge in [-0.3, -0.25) is 4.79 Å². The smallest absolute Gasteiger partial charge is 0.138 e. The predicted molar refractivity (Wildman–Crippen MR) is 70.8 cm³/mol. The van der Waals surface area contributed by atoms with Crippen molar-refractivity contribution in [1.82, 2.24) is 0 Å². The summed E-state index contributed by atoms with van der Waals surface area (Å²) in [6.45, 7) is 5.81. The molecule has 0 fully saturated rings. The molecule has 0 aliphatic heterocycles. The number of halogens is 1. The molecule has 0 spiro atoms. The molecule has 0 radical (unpaired) electrons. The second-order valence-corrected chi connectivity index (χ2v) is 4.73. The lowest BCUT2D eigenvalue weighted by Crippen LogP contribution is -2.06. The van der Waals surface area contributed by atoms with Crippen molar-refractivity contribution < 1.29 is 9.53 Å². The van der Waals surface area contributed by atoms with Crippen LogP contribution in [0.4, 0.5) is 0 Å². The highest BCUT2D eigenvalue weighted by atomic mass is 35.5. The molecule has 1 aromatic carbocycles. The number of aryl methyl sites for hydroxylation is 1. The summed E-state index contributed by atoms with van der Waals surface area (Å²) in [5.74, 6) is 0.982. The molecule has 0 bridgehead atoms. The normalized spacial score (nSPS) is 10.6. The summed E-state index contributed by atoms with van der Waals surface area (Å²) in [5, 5.41) is 0.611. The molecule has 2 nitrogen and oxygen atoms in total. The number of Topliss-reactive ketones (excluding diaryl/α,β-unsaturated/α-hetero) is 1. The first kappa shape index (κ1) is 14.0. The van der Waals surface area contributed by atoms with Crippen LogP contribution < -0.4 is 4.74 Å². The van der Waals surface area contributed by atoms with Crippen molar-refractivity contribution in [2.24, 2.45) is 0 Å². The number of carbonyl (C=O) groups excluding carboxylic acids is 1. The Hall–Kier alpha value is -1.02. The van der Waals surface area contributed by atoms with E-state index in [0.717, 1.165) is 12.0 Å². The minimum absolute atomic E-state index is 0.111. The van der Waals surface area contributed by atoms with E-state index in [2.05, 4.69) is 0 Å². The average molecular weight is 255 g/mol. The molecular formula is C14H19ClO2. The van der Waals surface area contributed by atoms with Gasteiger partial charge in [0.05, 0.1) is 11.1 Å². The van der Waals surface area contributed by atoms with Gasteiger partial charge in [0, 0.05) is 12.8 Å². The standard InChI is InChI=1S/C14H19ClO2/c1-4-12(16)7-5-11-6-8-14(13(15)9-11)17-10(2)3/h6,8-10H,4-5,7H2,1-3H3. The molecule has 0 aliphatic carbocycles. The predicted octanol–water partition coefficient (Wildman–Crippen LogP) is 4.04. The van der Waals surface area contributed by atoms with Crippen molar-refractivity contribution in [2.45, 2.75) is 46.1 Å². The lowest BCUT2D eigenvalue weighted by Gasteiger charge is -2.12. The molecule has 0 aliphatic rings. The Balaban J connectivity index is 2.65. The summed E-state index contributed by atoms with van der Waals surface area (Å²) in [5.41, 5.74) is 1.08. The topological polar surface area (TPSA) is 26.3 Å². The van der Waals surface area contributed by atoms with Crippen LogP contribution in [0.25, 0.3) is 0 Å². The first-order chi connectivity index (χ1) is 8.02. The van der Waals surface area contributed by atoms with Crippen molar-refractivity contribution >= 4 is 17.4 Å². The minimum Gasteiger partial charge on any atom is -0.489 e. The summed E-state index contributed by atoms with van der Waals surface area (Å²) < 4.78 is 5.55. The molecule has 0 unspecified atom stereocenters. The Morgan fingerprint density at radius 3 is 2.65 bits per heavy atom. The van der Waals surface area contributed by atoms with E-state index in [1.54, 1.807) is 0 Å². The van der Waals surface area contributed by atoms with Crippen LogP contribution in [-0.2, 0) is 11.2 Å². The summed E-state index contributed by atoms with van der Waals surface area (Å²) in [4.78, 5) is 11.2. The van der Waals surface area contributed by atoms with E-state index in [1.165, 1.54) is 0 Å². The van der Waals surface area contributed by atoms with E-state index >= 15 is 0 Å². The van der Waals surface area contributed by atoms with Crippen molar-refractivity contribution in [3.8, 4) is 5.75 Å². The Morgan fingerprint density at radius 1 is 1.41 bits per heavy atom. The van der Waals surface area contributed by atoms with E-state index in [0.29, 0.717) is 23.6 Å². The third kappa shape index (κ3) is 4.78. The highest BCUT2D eigenvalue weighted by Gasteiger charge is 2.06. The highest BCUT2D eigenvalue weighted by molar-refractivity contribution is 6.32. The van der Waals surface area contributed by atoms with E-state index in [1.807, 2.05) is 39.0 Å². The number of hydrogen-bond acceptors (Lipinski definition) is 2. The number of benzene rings is 1. The van der Waals surface area contributed by atoms with Gasteiger partial charge >= 0.3 is 0 Å². The van der Waals surface area contributed by atoms with Crippen LogP contribution in [-0.4, -0.2) is 11.9 Å². The fraction of sp³-hybridized carbons (Fsp3) is 0.500. The van der Waals surface area contributed by atoms with Crippen LogP contribution in [0.15, 0.2) is 18.2 Å².